The van der Waals surface area contributed by atoms with Crippen LogP contribution in [0.3, 0.4) is 0 Å². The summed E-state index contributed by atoms with van der Waals surface area (Å²) in [6, 6.07) is 11.5. The predicted molar refractivity (Wildman–Crippen MR) is 118 cm³/mol. The molecular weight excluding hydrogens is 431 g/mol. The minimum absolute atomic E-state index is 0.196. The van der Waals surface area contributed by atoms with Gasteiger partial charge in [-0.25, -0.2) is 0 Å². The number of allylic oxidation sites excluding steroid dienone is 4. The number of benzene rings is 1. The molecule has 1 saturated heterocycles. The number of nitrogens with zero attached hydrogens (tertiary/aromatic N) is 2. The van der Waals surface area contributed by atoms with Gasteiger partial charge in [0.15, 0.2) is 0 Å². The highest BCUT2D eigenvalue weighted by Crippen LogP contribution is 2.35. The summed E-state index contributed by atoms with van der Waals surface area (Å²) in [5.41, 5.74) is 5.79. The average molecular weight is 460 g/mol. The normalized spacial score (nSPS) is 23.1. The second-order valence-corrected chi connectivity index (χ2v) is 10.1. The zero-order valence-electron chi connectivity index (χ0n) is 16.0. The van der Waals surface area contributed by atoms with Gasteiger partial charge in [-0.2, -0.15) is 5.26 Å². The maximum absolute atomic E-state index is 8.99. The fraction of sp³-hybridized carbons (Fsp3) is 0.522. The quantitative estimate of drug-likeness (QED) is 0.391. The van der Waals surface area contributed by atoms with E-state index < -0.39 is 0 Å². The Bertz CT molecular complexity index is 716. The molecule has 1 unspecified atom stereocenters. The molecule has 2 aliphatic rings. The molecule has 0 radical (unpaired) electrons. The number of nitriles is 1. The van der Waals surface area contributed by atoms with Crippen LogP contribution in [0.1, 0.15) is 57.1 Å². The molecule has 1 aliphatic carbocycles. The van der Waals surface area contributed by atoms with Gasteiger partial charge in [-0.15, -0.1) is 0 Å². The summed E-state index contributed by atoms with van der Waals surface area (Å²) >= 11 is 2.51. The lowest BCUT2D eigenvalue weighted by atomic mass is 9.84. The van der Waals surface area contributed by atoms with Crippen LogP contribution in [0.15, 0.2) is 42.0 Å². The maximum atomic E-state index is 8.99. The van der Waals surface area contributed by atoms with Gasteiger partial charge in [-0.3, -0.25) is 4.90 Å². The van der Waals surface area contributed by atoms with Crippen LogP contribution in [0, 0.1) is 17.2 Å². The molecule has 0 N–H and O–H groups in total. The first-order valence-electron chi connectivity index (χ1n) is 9.80. The van der Waals surface area contributed by atoms with E-state index in [1.807, 2.05) is 0 Å². The Morgan fingerprint density at radius 3 is 2.46 bits per heavy atom. The van der Waals surface area contributed by atoms with Crippen molar-refractivity contribution in [3.63, 3.8) is 0 Å². The van der Waals surface area contributed by atoms with Crippen LogP contribution in [-0.2, 0) is 6.54 Å². The van der Waals surface area contributed by atoms with Crippen LogP contribution >= 0.6 is 22.6 Å². The zero-order valence-corrected chi connectivity index (χ0v) is 18.1. The van der Waals surface area contributed by atoms with E-state index in [9.17, 15) is 0 Å². The molecule has 1 aromatic rings. The van der Waals surface area contributed by atoms with Gasteiger partial charge < -0.3 is 0 Å². The van der Waals surface area contributed by atoms with Crippen molar-refractivity contribution in [1.29, 1.82) is 5.26 Å². The van der Waals surface area contributed by atoms with Crippen LogP contribution in [0.5, 0.6) is 0 Å². The molecule has 1 atom stereocenters. The Labute approximate surface area is 172 Å². The first-order valence-corrected chi connectivity index (χ1v) is 10.9. The van der Waals surface area contributed by atoms with E-state index in [0.717, 1.165) is 45.3 Å². The van der Waals surface area contributed by atoms with Crippen molar-refractivity contribution >= 4 is 28.2 Å². The van der Waals surface area contributed by atoms with Crippen molar-refractivity contribution in [3.8, 4) is 6.07 Å². The average Bonchev–Trinajstić information content (AvgIpc) is 2.64. The summed E-state index contributed by atoms with van der Waals surface area (Å²) in [6.07, 6.45) is 9.87. The first-order chi connectivity index (χ1) is 12.5. The van der Waals surface area contributed by atoms with E-state index in [0.29, 0.717) is 12.3 Å². The lowest BCUT2D eigenvalue weighted by Crippen LogP contribution is -2.40. The highest BCUT2D eigenvalue weighted by Gasteiger charge is 2.31. The van der Waals surface area contributed by atoms with Gasteiger partial charge in [0.1, 0.15) is 0 Å². The van der Waals surface area contributed by atoms with E-state index in [4.69, 9.17) is 5.26 Å². The molecule has 1 heterocycles. The fourth-order valence-corrected chi connectivity index (χ4v) is 4.75. The van der Waals surface area contributed by atoms with Crippen LogP contribution in [0.4, 0.5) is 0 Å². The summed E-state index contributed by atoms with van der Waals surface area (Å²) in [7, 11) is 0. The van der Waals surface area contributed by atoms with E-state index in [1.165, 1.54) is 16.7 Å². The molecule has 2 nitrogen and oxygen atoms in total. The molecule has 3 rings (SSSR count). The topological polar surface area (TPSA) is 27.0 Å². The van der Waals surface area contributed by atoms with Gasteiger partial charge >= 0.3 is 0 Å². The highest BCUT2D eigenvalue weighted by molar-refractivity contribution is 14.1. The number of piperidine rings is 1. The second kappa shape index (κ2) is 8.71. The minimum atomic E-state index is 0.196. The zero-order chi connectivity index (χ0) is 18.6. The lowest BCUT2D eigenvalue weighted by molar-refractivity contribution is 0.199. The van der Waals surface area contributed by atoms with E-state index in [2.05, 4.69) is 83.8 Å². The highest BCUT2D eigenvalue weighted by atomic mass is 127. The minimum Gasteiger partial charge on any atom is -0.299 e. The third kappa shape index (κ3) is 4.78. The van der Waals surface area contributed by atoms with Gasteiger partial charge in [-0.1, -0.05) is 78.4 Å². The van der Waals surface area contributed by atoms with Crippen molar-refractivity contribution in [3.05, 3.63) is 53.1 Å². The van der Waals surface area contributed by atoms with Crippen LogP contribution in [0.25, 0.3) is 5.57 Å². The maximum Gasteiger partial charge on any atom is 0.0635 e. The summed E-state index contributed by atoms with van der Waals surface area (Å²) in [4.78, 5) is 2.53. The third-order valence-electron chi connectivity index (χ3n) is 5.94. The van der Waals surface area contributed by atoms with Gasteiger partial charge in [0, 0.05) is 16.4 Å². The molecule has 138 valence electrons. The monoisotopic (exact) mass is 460 g/mol. The molecule has 1 fully saturated rings. The fourth-order valence-electron chi connectivity index (χ4n) is 4.09. The van der Waals surface area contributed by atoms with Gasteiger partial charge in [-0.05, 0) is 61.4 Å². The Kier molecular flexibility index (Phi) is 6.58. The largest absolute Gasteiger partial charge is 0.299 e. The van der Waals surface area contributed by atoms with Gasteiger partial charge in [0.2, 0.25) is 0 Å². The summed E-state index contributed by atoms with van der Waals surface area (Å²) in [5.74, 6) is 0.662. The number of likely N-dealkylation sites (tertiary alicyclic amines) is 1. The summed E-state index contributed by atoms with van der Waals surface area (Å²) in [5, 5.41) is 8.99. The van der Waals surface area contributed by atoms with Crippen molar-refractivity contribution in [1.82, 2.24) is 4.90 Å². The van der Waals surface area contributed by atoms with E-state index >= 15 is 0 Å². The number of hydrogen-bond donors (Lipinski definition) is 0. The Hall–Kier alpha value is -1.12. The Morgan fingerprint density at radius 1 is 1.19 bits per heavy atom. The molecule has 0 saturated carbocycles. The first kappa shape index (κ1) is 19.6. The molecule has 1 aromatic carbocycles. The molecule has 0 bridgehead atoms. The lowest BCUT2D eigenvalue weighted by Gasteiger charge is -2.36. The standard InChI is InChI=1S/C23H29IN2/c1-3-20-8-9-22(16-18(20)2)21-6-4-19(5-7-21)17-26-14-11-23(24,10-13-25)12-15-26/h4-9,18H,3,10-12,14-17H2,1-2H3. The van der Waals surface area contributed by atoms with Crippen molar-refractivity contribution in [2.24, 2.45) is 5.92 Å². The number of halogens is 1. The summed E-state index contributed by atoms with van der Waals surface area (Å²) < 4.78 is 0.196. The van der Waals surface area contributed by atoms with Crippen molar-refractivity contribution in [2.45, 2.75) is 55.9 Å². The summed E-state index contributed by atoms with van der Waals surface area (Å²) in [6.45, 7) is 7.81. The second-order valence-electron chi connectivity index (χ2n) is 7.85. The van der Waals surface area contributed by atoms with Crippen LogP contribution in [-0.4, -0.2) is 21.4 Å². The number of alkyl halides is 1. The van der Waals surface area contributed by atoms with Crippen LogP contribution in [0.2, 0.25) is 0 Å². The molecule has 0 amide bonds. The number of rotatable bonds is 5. The SMILES string of the molecule is CCC1=CC=C(c2ccc(CN3CCC(I)(CC#N)CC3)cc2)CC1C. The van der Waals surface area contributed by atoms with E-state index in [-0.39, 0.29) is 3.42 Å². The Morgan fingerprint density at radius 2 is 1.88 bits per heavy atom. The number of hydrogen-bond acceptors (Lipinski definition) is 2. The van der Waals surface area contributed by atoms with Crippen molar-refractivity contribution in [2.75, 3.05) is 13.1 Å². The molecule has 0 spiro atoms. The smallest absolute Gasteiger partial charge is 0.0635 e. The molecule has 0 aromatic heterocycles. The molecular formula is C23H29IN2. The van der Waals surface area contributed by atoms with Gasteiger partial charge in [0.25, 0.3) is 0 Å². The molecule has 1 aliphatic heterocycles. The third-order valence-corrected chi connectivity index (χ3v) is 7.40. The Balaban J connectivity index is 1.59. The molecule has 26 heavy (non-hydrogen) atoms. The predicted octanol–water partition coefficient (Wildman–Crippen LogP) is 6.13. The van der Waals surface area contributed by atoms with Crippen molar-refractivity contribution < 1.29 is 0 Å². The molecule has 3 heteroatoms. The van der Waals surface area contributed by atoms with Gasteiger partial charge in [0.05, 0.1) is 6.07 Å². The van der Waals surface area contributed by atoms with E-state index in [1.54, 1.807) is 5.57 Å². The van der Waals surface area contributed by atoms with Crippen LogP contribution < -0.4 is 0 Å².